The molecule has 0 spiro atoms. The second-order valence-corrected chi connectivity index (χ2v) is 15.4. The molecule has 9 aliphatic rings. The van der Waals surface area contributed by atoms with Crippen LogP contribution in [-0.2, 0) is 0 Å². The molecule has 5 saturated heterocycles. The van der Waals surface area contributed by atoms with Crippen LogP contribution in [0.25, 0.3) is 10.6 Å². The molecular weight excluding hydrogens is 521 g/mol. The second kappa shape index (κ2) is 12.0. The maximum absolute atomic E-state index is 5.61. The minimum absolute atomic E-state index is 0. The van der Waals surface area contributed by atoms with Gasteiger partial charge in [-0.05, 0) is 73.0 Å². The topological polar surface area (TPSA) is 100 Å². The minimum Gasteiger partial charge on any atom is -0.632 e. The average molecular weight is 575 g/mol. The summed E-state index contributed by atoms with van der Waals surface area (Å²) in [5, 5.41) is 36.3. The number of nitrogens with zero attached hydrogens (tertiary/aromatic N) is 2. The first-order valence-corrected chi connectivity index (χ1v) is 17.8. The molecule has 8 bridgehead atoms. The SMILES string of the molecule is C1CCC2C3[N-]C(NC4NC(NC5[N-]C(NC6NC(N3)C3CCCCC63)C3CCCCC53)C3CCCCC43)C2C1.[Mg+2]. The summed E-state index contributed by atoms with van der Waals surface area (Å²) in [6.07, 6.45) is 24.5. The maximum Gasteiger partial charge on any atom is 2.00 e. The van der Waals surface area contributed by atoms with Gasteiger partial charge in [-0.25, -0.2) is 0 Å². The molecule has 4 saturated carbocycles. The Labute approximate surface area is 264 Å². The van der Waals surface area contributed by atoms with Gasteiger partial charge in [-0.3, -0.25) is 10.6 Å². The van der Waals surface area contributed by atoms with Gasteiger partial charge in [0.15, 0.2) is 0 Å². The maximum atomic E-state index is 5.61. The molecule has 0 aromatic heterocycles. The summed E-state index contributed by atoms with van der Waals surface area (Å²) in [5.41, 5.74) is 0. The van der Waals surface area contributed by atoms with Crippen LogP contribution in [-0.4, -0.2) is 72.4 Å². The molecule has 16 atom stereocenters. The van der Waals surface area contributed by atoms with Crippen LogP contribution < -0.4 is 31.9 Å². The minimum atomic E-state index is 0. The van der Waals surface area contributed by atoms with E-state index >= 15 is 0 Å². The van der Waals surface area contributed by atoms with Crippen LogP contribution in [0.5, 0.6) is 0 Å². The smallest absolute Gasteiger partial charge is 0.632 e. The van der Waals surface area contributed by atoms with Crippen molar-refractivity contribution in [2.24, 2.45) is 47.3 Å². The summed E-state index contributed by atoms with van der Waals surface area (Å²) < 4.78 is 0. The Morgan fingerprint density at radius 3 is 0.756 bits per heavy atom. The third kappa shape index (κ3) is 5.08. The zero-order valence-electron chi connectivity index (χ0n) is 25.2. The zero-order valence-corrected chi connectivity index (χ0v) is 26.6. The predicted molar refractivity (Wildman–Crippen MR) is 163 cm³/mol. The van der Waals surface area contributed by atoms with Crippen molar-refractivity contribution in [1.29, 1.82) is 0 Å². The molecule has 9 rings (SSSR count). The van der Waals surface area contributed by atoms with Gasteiger partial charge < -0.3 is 31.9 Å². The van der Waals surface area contributed by atoms with E-state index in [1.54, 1.807) is 0 Å². The van der Waals surface area contributed by atoms with Crippen LogP contribution in [0.4, 0.5) is 0 Å². The number of hydrogen-bond donors (Lipinski definition) is 6. The Bertz CT molecular complexity index is 716. The Balaban J connectivity index is 0.00000256. The van der Waals surface area contributed by atoms with Gasteiger partial charge in [-0.1, -0.05) is 102 Å². The van der Waals surface area contributed by atoms with Crippen molar-refractivity contribution in [2.45, 2.75) is 152 Å². The number of rotatable bonds is 0. The normalized spacial score (nSPS) is 56.2. The van der Waals surface area contributed by atoms with Crippen LogP contribution in [0.3, 0.4) is 0 Å². The molecule has 6 N–H and O–H groups in total. The van der Waals surface area contributed by atoms with Crippen molar-refractivity contribution in [2.75, 3.05) is 0 Å². The van der Waals surface area contributed by atoms with E-state index in [0.717, 1.165) is 0 Å². The molecule has 5 aliphatic heterocycles. The van der Waals surface area contributed by atoms with Crippen LogP contribution in [0.1, 0.15) is 103 Å². The molecule has 4 aliphatic carbocycles. The van der Waals surface area contributed by atoms with Crippen molar-refractivity contribution in [3.8, 4) is 0 Å². The van der Waals surface area contributed by atoms with Gasteiger partial charge in [0.1, 0.15) is 0 Å². The van der Waals surface area contributed by atoms with Gasteiger partial charge >= 0.3 is 23.1 Å². The van der Waals surface area contributed by atoms with E-state index in [1.165, 1.54) is 103 Å². The summed E-state index contributed by atoms with van der Waals surface area (Å²) in [5.74, 6) is 5.59. The van der Waals surface area contributed by atoms with E-state index < -0.39 is 0 Å². The Morgan fingerprint density at radius 2 is 0.512 bits per heavy atom. The van der Waals surface area contributed by atoms with E-state index in [2.05, 4.69) is 31.9 Å². The van der Waals surface area contributed by atoms with Crippen LogP contribution in [0.15, 0.2) is 0 Å². The van der Waals surface area contributed by atoms with Crippen LogP contribution >= 0.6 is 0 Å². The van der Waals surface area contributed by atoms with E-state index in [4.69, 9.17) is 10.6 Å². The predicted octanol–water partition coefficient (Wildman–Crippen LogP) is 3.79. The number of hydrogen-bond acceptors (Lipinski definition) is 6. The molecule has 5 heterocycles. The summed E-state index contributed by atoms with van der Waals surface area (Å²) in [6.45, 7) is 0. The third-order valence-electron chi connectivity index (χ3n) is 13.6. The molecule has 0 aromatic rings. The zero-order chi connectivity index (χ0) is 26.2. The Hall–Kier alpha value is 0.446. The summed E-state index contributed by atoms with van der Waals surface area (Å²) >= 11 is 0. The van der Waals surface area contributed by atoms with Gasteiger partial charge in [-0.15, -0.1) is 0 Å². The van der Waals surface area contributed by atoms with Crippen molar-refractivity contribution in [3.63, 3.8) is 0 Å². The van der Waals surface area contributed by atoms with E-state index in [-0.39, 0.29) is 47.7 Å². The molecule has 0 amide bonds. The molecule has 0 aromatic carbocycles. The fraction of sp³-hybridized carbons (Fsp3) is 1.00. The summed E-state index contributed by atoms with van der Waals surface area (Å²) in [6, 6.07) is 0. The van der Waals surface area contributed by atoms with Crippen molar-refractivity contribution in [3.05, 3.63) is 10.6 Å². The van der Waals surface area contributed by atoms with Gasteiger partial charge in [0.05, 0.1) is 24.7 Å². The van der Waals surface area contributed by atoms with Gasteiger partial charge in [0.25, 0.3) is 0 Å². The van der Waals surface area contributed by atoms with Crippen LogP contribution in [0, 0.1) is 47.3 Å². The van der Waals surface area contributed by atoms with E-state index in [0.29, 0.717) is 72.0 Å². The molecule has 224 valence electrons. The van der Waals surface area contributed by atoms with Gasteiger partial charge in [-0.2, -0.15) is 0 Å². The Kier molecular flexibility index (Phi) is 8.45. The van der Waals surface area contributed by atoms with Crippen molar-refractivity contribution < 1.29 is 0 Å². The molecule has 9 heteroatoms. The van der Waals surface area contributed by atoms with E-state index in [9.17, 15) is 0 Å². The molecule has 8 nitrogen and oxygen atoms in total. The van der Waals surface area contributed by atoms with Crippen LogP contribution in [0.2, 0.25) is 0 Å². The molecule has 41 heavy (non-hydrogen) atoms. The molecule has 0 radical (unpaired) electrons. The molecule has 9 fully saturated rings. The van der Waals surface area contributed by atoms with Gasteiger partial charge in [0, 0.05) is 0 Å². The molecular formula is C32H54MgN8. The second-order valence-electron chi connectivity index (χ2n) is 15.4. The summed E-state index contributed by atoms with van der Waals surface area (Å²) in [4.78, 5) is 0. The fourth-order valence-electron chi connectivity index (χ4n) is 11.7. The monoisotopic (exact) mass is 574 g/mol. The average Bonchev–Trinajstić information content (AvgIpc) is 3.73. The van der Waals surface area contributed by atoms with Crippen molar-refractivity contribution in [1.82, 2.24) is 31.9 Å². The quantitative estimate of drug-likeness (QED) is 0.246. The Morgan fingerprint density at radius 1 is 0.293 bits per heavy atom. The molecule has 16 unspecified atom stereocenters. The number of nitrogens with one attached hydrogen (secondary N) is 6. The largest absolute Gasteiger partial charge is 2.00 e. The first-order chi connectivity index (χ1) is 19.8. The first-order valence-electron chi connectivity index (χ1n) is 17.8. The van der Waals surface area contributed by atoms with Gasteiger partial charge in [0.2, 0.25) is 0 Å². The fourth-order valence-corrected chi connectivity index (χ4v) is 11.7. The summed E-state index contributed by atoms with van der Waals surface area (Å²) in [7, 11) is 0. The van der Waals surface area contributed by atoms with E-state index in [1.807, 2.05) is 0 Å². The number of fused-ring (bicyclic) bond motifs is 20. The first kappa shape index (κ1) is 28.9. The standard InChI is InChI=1S/C32H54N8.Mg/c1-2-10-18-17(9-1)25-33-26(18)38-28-21-13-5-6-14-22(21)30(35-28)40-32-24-16-8-7-15-23(24)31(36-32)39-29-20-12-4-3-11-19(20)27(34-29)37-25;/h17-33,36-40H,1-16H2;/q-2;+2. The van der Waals surface area contributed by atoms with Crippen molar-refractivity contribution >= 4 is 23.1 Å². The third-order valence-corrected chi connectivity index (χ3v) is 13.6.